The summed E-state index contributed by atoms with van der Waals surface area (Å²) in [6.07, 6.45) is 59.1. The van der Waals surface area contributed by atoms with Gasteiger partial charge in [-0.25, -0.2) is 4.79 Å². The highest BCUT2D eigenvalue weighted by molar-refractivity contribution is 5.72. The number of likely N-dealkylation sites (N-methyl/N-ethyl adjacent to an activating group) is 1. The van der Waals surface area contributed by atoms with Gasteiger partial charge < -0.3 is 23.8 Å². The smallest absolute Gasteiger partial charge is 0.362 e. The second-order valence-electron chi connectivity index (χ2n) is 17.7. The summed E-state index contributed by atoms with van der Waals surface area (Å²) < 4.78 is 17.3. The first kappa shape index (κ1) is 59.5. The number of quaternary nitrogens is 1. The van der Waals surface area contributed by atoms with Crippen molar-refractivity contribution in [2.24, 2.45) is 0 Å². The fourth-order valence-electron chi connectivity index (χ4n) is 6.93. The molecule has 0 spiro atoms. The zero-order valence-corrected chi connectivity index (χ0v) is 41.0. The van der Waals surface area contributed by atoms with Crippen LogP contribution in [0.15, 0.2) is 85.1 Å². The number of ether oxygens (including phenoxy) is 3. The van der Waals surface area contributed by atoms with Crippen molar-refractivity contribution in [2.45, 2.75) is 206 Å². The monoisotopic (exact) mass is 881 g/mol. The summed E-state index contributed by atoms with van der Waals surface area (Å²) in [4.78, 5) is 37.1. The molecule has 0 radical (unpaired) electrons. The first-order valence-electron chi connectivity index (χ1n) is 25.1. The highest BCUT2D eigenvalue weighted by Gasteiger charge is 2.31. The van der Waals surface area contributed by atoms with Crippen molar-refractivity contribution in [3.8, 4) is 0 Å². The Morgan fingerprint density at radius 3 is 1.43 bits per heavy atom. The Morgan fingerprint density at radius 1 is 0.508 bits per heavy atom. The zero-order chi connectivity index (χ0) is 46.3. The average molecular weight is 881 g/mol. The van der Waals surface area contributed by atoms with Gasteiger partial charge in [0, 0.05) is 19.3 Å². The summed E-state index contributed by atoms with van der Waals surface area (Å²) in [6.45, 7) is 4.57. The zero-order valence-electron chi connectivity index (χ0n) is 41.0. The molecule has 0 saturated heterocycles. The van der Waals surface area contributed by atoms with E-state index in [9.17, 15) is 19.5 Å². The SMILES string of the molecule is CC/C=C/C/C=C/C/C=C/C/C=C/C/C=C/CCCCCC(=O)OCC(COCCC(C(=O)O)[N+](C)(C)C)OC(=O)CCCCCCCCCCCC/C=C/C=C/CCCCCC. The van der Waals surface area contributed by atoms with E-state index in [2.05, 4.69) is 98.9 Å². The second-order valence-corrected chi connectivity index (χ2v) is 17.7. The first-order valence-corrected chi connectivity index (χ1v) is 25.1. The third kappa shape index (κ3) is 43.5. The van der Waals surface area contributed by atoms with E-state index < -0.39 is 18.1 Å². The minimum absolute atomic E-state index is 0.0447. The van der Waals surface area contributed by atoms with E-state index in [1.165, 1.54) is 83.5 Å². The molecule has 2 unspecified atom stereocenters. The van der Waals surface area contributed by atoms with Crippen LogP contribution >= 0.6 is 0 Å². The largest absolute Gasteiger partial charge is 0.477 e. The van der Waals surface area contributed by atoms with Crippen LogP contribution in [0.1, 0.15) is 194 Å². The molecule has 8 nitrogen and oxygen atoms in total. The number of hydrogen-bond acceptors (Lipinski definition) is 6. The molecule has 0 bridgehead atoms. The normalized spacial score (nSPS) is 13.6. The lowest BCUT2D eigenvalue weighted by Crippen LogP contribution is -2.50. The Hall–Kier alpha value is -3.49. The number of carbonyl (C=O) groups excluding carboxylic acids is 2. The number of carbonyl (C=O) groups is 3. The number of nitrogens with zero attached hydrogens (tertiary/aromatic N) is 1. The fourth-order valence-corrected chi connectivity index (χ4v) is 6.93. The molecule has 2 atom stereocenters. The molecule has 0 fully saturated rings. The van der Waals surface area contributed by atoms with E-state index in [1.54, 1.807) is 0 Å². The number of carboxylic acids is 1. The predicted octanol–water partition coefficient (Wildman–Crippen LogP) is 14.5. The van der Waals surface area contributed by atoms with Gasteiger partial charge in [-0.1, -0.05) is 176 Å². The molecular formula is C55H94NO7+. The molecule has 0 aromatic carbocycles. The number of unbranched alkanes of at least 4 members (excludes halogenated alkanes) is 17. The minimum Gasteiger partial charge on any atom is -0.477 e. The van der Waals surface area contributed by atoms with Crippen LogP contribution in [0.4, 0.5) is 0 Å². The van der Waals surface area contributed by atoms with Gasteiger partial charge in [0.25, 0.3) is 0 Å². The Labute approximate surface area is 386 Å². The number of hydrogen-bond donors (Lipinski definition) is 1. The van der Waals surface area contributed by atoms with Crippen LogP contribution in [0, 0.1) is 0 Å². The van der Waals surface area contributed by atoms with Gasteiger partial charge in [-0.15, -0.1) is 0 Å². The molecule has 0 saturated carbocycles. The molecule has 63 heavy (non-hydrogen) atoms. The number of esters is 2. The van der Waals surface area contributed by atoms with E-state index in [4.69, 9.17) is 14.2 Å². The van der Waals surface area contributed by atoms with Gasteiger partial charge in [0.15, 0.2) is 12.1 Å². The van der Waals surface area contributed by atoms with Crippen molar-refractivity contribution in [1.82, 2.24) is 0 Å². The Kier molecular flexibility index (Phi) is 42.6. The number of aliphatic carboxylic acids is 1. The van der Waals surface area contributed by atoms with Crippen molar-refractivity contribution in [3.63, 3.8) is 0 Å². The van der Waals surface area contributed by atoms with Crippen LogP contribution in [0.3, 0.4) is 0 Å². The first-order chi connectivity index (χ1) is 30.6. The van der Waals surface area contributed by atoms with E-state index in [0.29, 0.717) is 19.3 Å². The summed E-state index contributed by atoms with van der Waals surface area (Å²) in [5, 5.41) is 9.65. The standard InChI is InChI=1S/C55H93NO7/c1-6-8-10-12-14-16-18-20-22-24-26-28-30-32-34-36-38-40-42-44-46-54(58)63-51(49-61-48-47-52(55(59)60)56(3,4)5)50-62-53(57)45-43-41-39-37-35-33-31-29-27-25-23-21-19-17-15-13-11-9-7-2/h9,11,15-18,20-23,27,29,33,35,51-52H,6-8,10,12-14,19,24-26,28,30-32,34,36-50H2,1-5H3/p+1/b11-9+,17-15+,18-16+,22-20+,23-21+,29-27+,35-33+. The number of rotatable bonds is 44. The molecule has 0 aliphatic rings. The lowest BCUT2D eigenvalue weighted by Gasteiger charge is -2.31. The summed E-state index contributed by atoms with van der Waals surface area (Å²) in [5.41, 5.74) is 0. The van der Waals surface area contributed by atoms with Crippen LogP contribution < -0.4 is 0 Å². The molecule has 1 N–H and O–H groups in total. The molecule has 0 aromatic rings. The van der Waals surface area contributed by atoms with Crippen LogP contribution in [0.5, 0.6) is 0 Å². The maximum absolute atomic E-state index is 12.8. The lowest BCUT2D eigenvalue weighted by molar-refractivity contribution is -0.887. The van der Waals surface area contributed by atoms with Gasteiger partial charge in [0.2, 0.25) is 0 Å². The topological polar surface area (TPSA) is 99.1 Å². The minimum atomic E-state index is -0.883. The van der Waals surface area contributed by atoms with Crippen molar-refractivity contribution >= 4 is 17.9 Å². The molecule has 0 amide bonds. The van der Waals surface area contributed by atoms with Gasteiger partial charge >= 0.3 is 17.9 Å². The molecule has 0 heterocycles. The van der Waals surface area contributed by atoms with Crippen LogP contribution in [-0.2, 0) is 28.6 Å². The highest BCUT2D eigenvalue weighted by atomic mass is 16.6. The van der Waals surface area contributed by atoms with Crippen LogP contribution in [-0.4, -0.2) is 80.6 Å². The van der Waals surface area contributed by atoms with Crippen molar-refractivity contribution in [2.75, 3.05) is 41.0 Å². The lowest BCUT2D eigenvalue weighted by atomic mass is 10.1. The third-order valence-corrected chi connectivity index (χ3v) is 10.8. The van der Waals surface area contributed by atoms with Crippen LogP contribution in [0.2, 0.25) is 0 Å². The summed E-state index contributed by atoms with van der Waals surface area (Å²) in [7, 11) is 5.52. The van der Waals surface area contributed by atoms with Gasteiger partial charge in [0.1, 0.15) is 6.61 Å². The maximum Gasteiger partial charge on any atom is 0.362 e. The molecule has 0 rings (SSSR count). The molecule has 0 aromatic heterocycles. The van der Waals surface area contributed by atoms with Gasteiger partial charge in [-0.2, -0.15) is 0 Å². The van der Waals surface area contributed by atoms with E-state index >= 15 is 0 Å². The van der Waals surface area contributed by atoms with E-state index in [0.717, 1.165) is 77.0 Å². The highest BCUT2D eigenvalue weighted by Crippen LogP contribution is 2.14. The van der Waals surface area contributed by atoms with Gasteiger partial charge in [-0.05, 0) is 83.5 Å². The van der Waals surface area contributed by atoms with E-state index in [-0.39, 0.29) is 36.2 Å². The Balaban J connectivity index is 4.34. The summed E-state index contributed by atoms with van der Waals surface area (Å²) >= 11 is 0. The number of allylic oxidation sites excluding steroid dienone is 14. The predicted molar refractivity (Wildman–Crippen MR) is 266 cm³/mol. The quantitative estimate of drug-likeness (QED) is 0.0214. The van der Waals surface area contributed by atoms with E-state index in [1.807, 2.05) is 21.1 Å². The molecule has 0 aliphatic heterocycles. The van der Waals surface area contributed by atoms with Gasteiger partial charge in [-0.3, -0.25) is 9.59 Å². The summed E-state index contributed by atoms with van der Waals surface area (Å²) in [5.74, 6) is -1.52. The van der Waals surface area contributed by atoms with Crippen molar-refractivity contribution in [3.05, 3.63) is 85.1 Å². The van der Waals surface area contributed by atoms with Crippen LogP contribution in [0.25, 0.3) is 0 Å². The fraction of sp³-hybridized carbons (Fsp3) is 0.691. The molecule has 0 aliphatic carbocycles. The molecule has 8 heteroatoms. The van der Waals surface area contributed by atoms with Crippen molar-refractivity contribution < 1.29 is 38.2 Å². The Morgan fingerprint density at radius 2 is 0.937 bits per heavy atom. The Bertz CT molecular complexity index is 1300. The average Bonchev–Trinajstić information content (AvgIpc) is 3.24. The van der Waals surface area contributed by atoms with Gasteiger partial charge in [0.05, 0.1) is 34.4 Å². The molecular weight excluding hydrogens is 787 g/mol. The van der Waals surface area contributed by atoms with Crippen molar-refractivity contribution in [1.29, 1.82) is 0 Å². The molecule has 360 valence electrons. The third-order valence-electron chi connectivity index (χ3n) is 10.8. The second kappa shape index (κ2) is 45.1. The maximum atomic E-state index is 12.8. The summed E-state index contributed by atoms with van der Waals surface area (Å²) in [6, 6.07) is -0.625. The number of carboxylic acid groups (broad SMARTS) is 1.